The third-order valence-corrected chi connectivity index (χ3v) is 4.56. The Hall–Kier alpha value is -0.620. The van der Waals surface area contributed by atoms with Crippen LogP contribution in [0.4, 0.5) is 0 Å². The predicted octanol–water partition coefficient (Wildman–Crippen LogP) is 3.18. The van der Waals surface area contributed by atoms with Crippen LogP contribution in [0, 0.1) is 11.8 Å². The number of piperidine rings is 1. The molecule has 1 aromatic carbocycles. The van der Waals surface area contributed by atoms with Crippen molar-refractivity contribution in [3.63, 3.8) is 0 Å². The third-order valence-electron chi connectivity index (χ3n) is 4.03. The summed E-state index contributed by atoms with van der Waals surface area (Å²) in [6.45, 7) is 8.76. The molecule has 1 N–H and O–H groups in total. The molecule has 1 saturated heterocycles. The molecular formula is C18H28BrNO3. The Morgan fingerprint density at radius 1 is 1.17 bits per heavy atom. The molecule has 1 aliphatic heterocycles. The van der Waals surface area contributed by atoms with Gasteiger partial charge in [0.25, 0.3) is 0 Å². The highest BCUT2D eigenvalue weighted by Gasteiger charge is 2.23. The van der Waals surface area contributed by atoms with E-state index in [1.54, 1.807) is 0 Å². The van der Waals surface area contributed by atoms with Gasteiger partial charge in [0.1, 0.15) is 12.4 Å². The number of aliphatic hydroxyl groups is 1. The summed E-state index contributed by atoms with van der Waals surface area (Å²) in [5.74, 6) is 2.26. The monoisotopic (exact) mass is 385 g/mol. The molecule has 5 heteroatoms. The molecule has 0 radical (unpaired) electrons. The lowest BCUT2D eigenvalue weighted by molar-refractivity contribution is -0.00211. The first kappa shape index (κ1) is 18.7. The maximum absolute atomic E-state index is 10.1. The predicted molar refractivity (Wildman–Crippen MR) is 95.8 cm³/mol. The lowest BCUT2D eigenvalue weighted by Gasteiger charge is -2.35. The van der Waals surface area contributed by atoms with Gasteiger partial charge in [0.2, 0.25) is 0 Å². The Labute approximate surface area is 147 Å². The van der Waals surface area contributed by atoms with Crippen LogP contribution in [-0.2, 0) is 4.74 Å². The van der Waals surface area contributed by atoms with E-state index in [0.717, 1.165) is 23.3 Å². The molecule has 0 spiro atoms. The topological polar surface area (TPSA) is 41.9 Å². The molecule has 2 rings (SSSR count). The molecule has 130 valence electrons. The normalized spacial score (nSPS) is 23.7. The molecule has 0 amide bonds. The molecule has 0 aliphatic carbocycles. The van der Waals surface area contributed by atoms with E-state index in [9.17, 15) is 5.11 Å². The van der Waals surface area contributed by atoms with Crippen molar-refractivity contribution in [2.45, 2.75) is 26.4 Å². The second-order valence-electron chi connectivity index (χ2n) is 6.70. The molecule has 1 aromatic rings. The fourth-order valence-corrected chi connectivity index (χ4v) is 3.52. The summed E-state index contributed by atoms with van der Waals surface area (Å²) in [6.07, 6.45) is 0.858. The maximum Gasteiger partial charge on any atom is 0.119 e. The lowest BCUT2D eigenvalue weighted by Crippen LogP contribution is -2.43. The number of hydrogen-bond acceptors (Lipinski definition) is 4. The van der Waals surface area contributed by atoms with Crippen molar-refractivity contribution >= 4 is 15.9 Å². The Bertz CT molecular complexity index is 444. The number of halogens is 1. The number of hydrogen-bond donors (Lipinski definition) is 1. The number of benzene rings is 1. The van der Waals surface area contributed by atoms with E-state index in [-0.39, 0.29) is 0 Å². The van der Waals surface area contributed by atoms with Gasteiger partial charge in [-0.1, -0.05) is 29.8 Å². The molecule has 1 heterocycles. The van der Waals surface area contributed by atoms with Gasteiger partial charge in [0, 0.05) is 24.1 Å². The fourth-order valence-electron chi connectivity index (χ4n) is 3.26. The van der Waals surface area contributed by atoms with Gasteiger partial charge in [0.05, 0.1) is 19.3 Å². The smallest absolute Gasteiger partial charge is 0.119 e. The number of likely N-dealkylation sites (tertiary alicyclic amines) is 1. The van der Waals surface area contributed by atoms with Crippen molar-refractivity contribution in [3.8, 4) is 5.75 Å². The second-order valence-corrected chi connectivity index (χ2v) is 7.61. The van der Waals surface area contributed by atoms with Gasteiger partial charge in [-0.15, -0.1) is 0 Å². The Morgan fingerprint density at radius 3 is 2.48 bits per heavy atom. The Morgan fingerprint density at radius 2 is 1.83 bits per heavy atom. The van der Waals surface area contributed by atoms with Gasteiger partial charge < -0.3 is 19.5 Å². The van der Waals surface area contributed by atoms with Crippen LogP contribution in [0.25, 0.3) is 0 Å². The van der Waals surface area contributed by atoms with Gasteiger partial charge in [-0.05, 0) is 42.5 Å². The first-order valence-corrected chi connectivity index (χ1v) is 9.18. The summed E-state index contributed by atoms with van der Waals surface area (Å²) in [4.78, 5) is 2.35. The van der Waals surface area contributed by atoms with Gasteiger partial charge in [-0.2, -0.15) is 0 Å². The molecule has 0 unspecified atom stereocenters. The van der Waals surface area contributed by atoms with Gasteiger partial charge in [-0.25, -0.2) is 0 Å². The summed E-state index contributed by atoms with van der Waals surface area (Å²) in [5.41, 5.74) is 0. The number of nitrogens with zero attached hydrogens (tertiary/aromatic N) is 1. The maximum atomic E-state index is 10.1. The van der Waals surface area contributed by atoms with Crippen molar-refractivity contribution in [1.29, 1.82) is 0 Å². The van der Waals surface area contributed by atoms with Crippen molar-refractivity contribution in [2.75, 3.05) is 39.5 Å². The summed E-state index contributed by atoms with van der Waals surface area (Å²) in [7, 11) is 0. The number of ether oxygens (including phenoxy) is 2. The highest BCUT2D eigenvalue weighted by molar-refractivity contribution is 9.10. The van der Waals surface area contributed by atoms with Gasteiger partial charge >= 0.3 is 0 Å². The van der Waals surface area contributed by atoms with E-state index in [2.05, 4.69) is 34.7 Å². The quantitative estimate of drug-likeness (QED) is 0.697. The zero-order valence-corrected chi connectivity index (χ0v) is 15.7. The molecule has 0 bridgehead atoms. The molecule has 1 fully saturated rings. The van der Waals surface area contributed by atoms with Crippen LogP contribution < -0.4 is 4.74 Å². The minimum atomic E-state index is -0.430. The van der Waals surface area contributed by atoms with E-state index < -0.39 is 6.10 Å². The van der Waals surface area contributed by atoms with Crippen LogP contribution in [0.3, 0.4) is 0 Å². The van der Waals surface area contributed by atoms with E-state index in [1.807, 2.05) is 24.3 Å². The minimum Gasteiger partial charge on any atom is -0.491 e. The standard InChI is InChI=1S/C18H28BrNO3/c1-14-9-15(2)11-20(10-14)12-17(21)13-22-7-8-23-18-5-3-16(19)4-6-18/h3-6,14-15,17,21H,7-13H2,1-2H3/t14-,15-,17-/m0/s1. The van der Waals surface area contributed by atoms with Crippen molar-refractivity contribution < 1.29 is 14.6 Å². The minimum absolute atomic E-state index is 0.364. The van der Waals surface area contributed by atoms with Crippen molar-refractivity contribution in [3.05, 3.63) is 28.7 Å². The summed E-state index contributed by atoms with van der Waals surface area (Å²) < 4.78 is 12.1. The van der Waals surface area contributed by atoms with Crippen LogP contribution >= 0.6 is 15.9 Å². The largest absolute Gasteiger partial charge is 0.491 e. The van der Waals surface area contributed by atoms with Crippen molar-refractivity contribution in [2.24, 2.45) is 11.8 Å². The number of rotatable bonds is 8. The van der Waals surface area contributed by atoms with Crippen LogP contribution in [-0.4, -0.2) is 55.6 Å². The first-order valence-electron chi connectivity index (χ1n) is 8.39. The molecule has 1 aliphatic rings. The lowest BCUT2D eigenvalue weighted by atomic mass is 9.92. The molecule has 0 aromatic heterocycles. The van der Waals surface area contributed by atoms with Gasteiger partial charge in [-0.3, -0.25) is 0 Å². The Kier molecular flexibility index (Phi) is 7.83. The van der Waals surface area contributed by atoms with E-state index in [1.165, 1.54) is 6.42 Å². The summed E-state index contributed by atoms with van der Waals surface area (Å²) in [6, 6.07) is 7.72. The summed E-state index contributed by atoms with van der Waals surface area (Å²) in [5, 5.41) is 10.1. The van der Waals surface area contributed by atoms with Crippen LogP contribution in [0.2, 0.25) is 0 Å². The first-order chi connectivity index (χ1) is 11.0. The van der Waals surface area contributed by atoms with Crippen LogP contribution in [0.15, 0.2) is 28.7 Å². The fraction of sp³-hybridized carbons (Fsp3) is 0.667. The average Bonchev–Trinajstić information content (AvgIpc) is 2.47. The Balaban J connectivity index is 1.56. The van der Waals surface area contributed by atoms with Gasteiger partial charge in [0.15, 0.2) is 0 Å². The highest BCUT2D eigenvalue weighted by atomic mass is 79.9. The summed E-state index contributed by atoms with van der Waals surface area (Å²) >= 11 is 3.39. The zero-order valence-electron chi connectivity index (χ0n) is 14.1. The SMILES string of the molecule is C[C@H]1C[C@H](C)CN(C[C@H](O)COCCOc2ccc(Br)cc2)C1. The van der Waals surface area contributed by atoms with E-state index in [0.29, 0.717) is 38.2 Å². The second kappa shape index (κ2) is 9.62. The van der Waals surface area contributed by atoms with E-state index in [4.69, 9.17) is 9.47 Å². The highest BCUT2D eigenvalue weighted by Crippen LogP contribution is 2.21. The average molecular weight is 386 g/mol. The molecule has 3 atom stereocenters. The van der Waals surface area contributed by atoms with Crippen LogP contribution in [0.5, 0.6) is 5.75 Å². The molecule has 4 nitrogen and oxygen atoms in total. The number of β-amino-alcohol motifs (C(OH)–C–C–N with tert-alkyl or cyclic N) is 1. The molecular weight excluding hydrogens is 358 g/mol. The molecule has 0 saturated carbocycles. The molecule has 23 heavy (non-hydrogen) atoms. The third kappa shape index (κ3) is 7.21. The van der Waals surface area contributed by atoms with E-state index >= 15 is 0 Å². The number of aliphatic hydroxyl groups excluding tert-OH is 1. The van der Waals surface area contributed by atoms with Crippen LogP contribution in [0.1, 0.15) is 20.3 Å². The van der Waals surface area contributed by atoms with Crippen molar-refractivity contribution in [1.82, 2.24) is 4.90 Å². The zero-order chi connectivity index (χ0) is 16.7.